The molecule has 8 nitrogen and oxygen atoms in total. The third-order valence-corrected chi connectivity index (χ3v) is 10.2. The molecule has 4 aromatic rings. The first-order chi connectivity index (χ1) is 19.5. The average Bonchev–Trinajstić information content (AvgIpc) is 3.66. The van der Waals surface area contributed by atoms with E-state index in [2.05, 4.69) is 0 Å². The van der Waals surface area contributed by atoms with Gasteiger partial charge in [0.2, 0.25) is 0 Å². The number of hydrogen-bond acceptors (Lipinski definition) is 7. The lowest BCUT2D eigenvalue weighted by Crippen LogP contribution is -2.37. The standard InChI is InChI=1S/C30H31N3O5S2/c1-2-37-26-12-5-13-27-28(26)31-30(39-27)32(20-23-10-7-19-38-23)29(34)22-14-16-24(17-15-22)40(35,36)33-18-6-9-21-8-3-4-11-25(21)33/h3-5,8,11-17,23H,2,6-7,9-10,18-20H2,1H3. The summed E-state index contributed by atoms with van der Waals surface area (Å²) >= 11 is 1.43. The van der Waals surface area contributed by atoms with Gasteiger partial charge in [-0.2, -0.15) is 0 Å². The zero-order chi connectivity index (χ0) is 27.7. The van der Waals surface area contributed by atoms with E-state index in [-0.39, 0.29) is 16.9 Å². The molecule has 1 atom stereocenters. The predicted molar refractivity (Wildman–Crippen MR) is 157 cm³/mol. The Hall–Kier alpha value is -3.47. The molecule has 0 saturated carbocycles. The number of ether oxygens (including phenoxy) is 2. The van der Waals surface area contributed by atoms with E-state index in [1.165, 1.54) is 27.8 Å². The molecule has 0 N–H and O–H groups in total. The quantitative estimate of drug-likeness (QED) is 0.268. The van der Waals surface area contributed by atoms with Gasteiger partial charge in [-0.15, -0.1) is 0 Å². The number of rotatable bonds is 8. The fourth-order valence-electron chi connectivity index (χ4n) is 5.34. The van der Waals surface area contributed by atoms with Crippen LogP contribution in [0.25, 0.3) is 10.2 Å². The number of benzene rings is 3. The highest BCUT2D eigenvalue weighted by Crippen LogP contribution is 2.36. The number of nitrogens with zero attached hydrogens (tertiary/aromatic N) is 3. The van der Waals surface area contributed by atoms with Crippen molar-refractivity contribution >= 4 is 48.3 Å². The molecule has 1 saturated heterocycles. The maximum absolute atomic E-state index is 13.9. The number of carbonyl (C=O) groups excluding carboxylic acids is 1. The third-order valence-electron chi connectivity index (χ3n) is 7.31. The maximum Gasteiger partial charge on any atom is 0.264 e. The molecule has 0 radical (unpaired) electrons. The number of sulfonamides is 1. The largest absolute Gasteiger partial charge is 0.492 e. The van der Waals surface area contributed by atoms with E-state index in [0.717, 1.165) is 47.2 Å². The van der Waals surface area contributed by atoms with Gasteiger partial charge in [0.05, 0.1) is 34.5 Å². The SMILES string of the molecule is CCOc1cccc2sc(N(CC3CCCO3)C(=O)c3ccc(S(=O)(=O)N4CCCc5ccccc54)cc3)nc12. The maximum atomic E-state index is 13.9. The molecule has 2 aliphatic heterocycles. The normalized spacial score (nSPS) is 17.1. The van der Waals surface area contributed by atoms with Crippen molar-refractivity contribution in [2.24, 2.45) is 0 Å². The minimum atomic E-state index is -3.77. The Bertz CT molecular complexity index is 1630. The summed E-state index contributed by atoms with van der Waals surface area (Å²) in [4.78, 5) is 20.5. The Morgan fingerprint density at radius 1 is 1.10 bits per heavy atom. The Morgan fingerprint density at radius 3 is 2.70 bits per heavy atom. The lowest BCUT2D eigenvalue weighted by Gasteiger charge is -2.30. The van der Waals surface area contributed by atoms with Crippen LogP contribution in [0.4, 0.5) is 10.8 Å². The second-order valence-corrected chi connectivity index (χ2v) is 12.8. The van der Waals surface area contributed by atoms with Crippen LogP contribution >= 0.6 is 11.3 Å². The van der Waals surface area contributed by atoms with Gasteiger partial charge in [-0.1, -0.05) is 35.6 Å². The van der Waals surface area contributed by atoms with Gasteiger partial charge >= 0.3 is 0 Å². The van der Waals surface area contributed by atoms with Gasteiger partial charge in [-0.25, -0.2) is 13.4 Å². The van der Waals surface area contributed by atoms with Crippen molar-refractivity contribution in [2.45, 2.75) is 43.6 Å². The van der Waals surface area contributed by atoms with Crippen LogP contribution in [0.15, 0.2) is 71.6 Å². The van der Waals surface area contributed by atoms with Gasteiger partial charge in [-0.3, -0.25) is 14.0 Å². The van der Waals surface area contributed by atoms with Crippen LogP contribution in [0.2, 0.25) is 0 Å². The van der Waals surface area contributed by atoms with Crippen LogP contribution in [-0.2, 0) is 21.2 Å². The molecule has 10 heteroatoms. The van der Waals surface area contributed by atoms with E-state index in [0.29, 0.717) is 42.7 Å². The molecule has 1 amide bonds. The molecule has 0 spiro atoms. The molecular weight excluding hydrogens is 546 g/mol. The average molecular weight is 578 g/mol. The first-order valence-electron chi connectivity index (χ1n) is 13.6. The topological polar surface area (TPSA) is 89.0 Å². The number of para-hydroxylation sites is 2. The molecular formula is C30H31N3O5S2. The summed E-state index contributed by atoms with van der Waals surface area (Å²) in [5.41, 5.74) is 2.86. The minimum Gasteiger partial charge on any atom is -0.492 e. The Balaban J connectivity index is 1.31. The Labute approximate surface area is 238 Å². The zero-order valence-electron chi connectivity index (χ0n) is 22.3. The molecule has 208 valence electrons. The number of hydrogen-bond donors (Lipinski definition) is 0. The smallest absolute Gasteiger partial charge is 0.264 e. The highest BCUT2D eigenvalue weighted by molar-refractivity contribution is 7.92. The van der Waals surface area contributed by atoms with Gasteiger partial charge in [0.15, 0.2) is 5.13 Å². The summed E-state index contributed by atoms with van der Waals surface area (Å²) in [6, 6.07) is 19.6. The van der Waals surface area contributed by atoms with E-state index < -0.39 is 10.0 Å². The van der Waals surface area contributed by atoms with Gasteiger partial charge in [0, 0.05) is 18.7 Å². The Kier molecular flexibility index (Phi) is 7.48. The molecule has 3 aromatic carbocycles. The van der Waals surface area contributed by atoms with Crippen LogP contribution in [0, 0.1) is 0 Å². The fourth-order valence-corrected chi connectivity index (χ4v) is 7.87. The van der Waals surface area contributed by atoms with E-state index in [9.17, 15) is 13.2 Å². The van der Waals surface area contributed by atoms with E-state index in [1.54, 1.807) is 17.0 Å². The summed E-state index contributed by atoms with van der Waals surface area (Å²) in [5, 5.41) is 0.560. The first kappa shape index (κ1) is 26.7. The van der Waals surface area contributed by atoms with Gasteiger partial charge < -0.3 is 9.47 Å². The highest BCUT2D eigenvalue weighted by Gasteiger charge is 2.31. The second-order valence-electron chi connectivity index (χ2n) is 9.92. The lowest BCUT2D eigenvalue weighted by atomic mass is 10.0. The van der Waals surface area contributed by atoms with Crippen LogP contribution < -0.4 is 13.9 Å². The minimum absolute atomic E-state index is 0.0823. The van der Waals surface area contributed by atoms with Crippen molar-refractivity contribution in [3.8, 4) is 5.75 Å². The molecule has 6 rings (SSSR count). The number of aryl methyl sites for hydroxylation is 1. The number of fused-ring (bicyclic) bond motifs is 2. The summed E-state index contributed by atoms with van der Waals surface area (Å²) < 4.78 is 41.2. The molecule has 40 heavy (non-hydrogen) atoms. The molecule has 3 heterocycles. The van der Waals surface area contributed by atoms with Crippen LogP contribution in [0.5, 0.6) is 5.75 Å². The van der Waals surface area contributed by atoms with E-state index >= 15 is 0 Å². The van der Waals surface area contributed by atoms with Crippen molar-refractivity contribution < 1.29 is 22.7 Å². The molecule has 1 unspecified atom stereocenters. The summed E-state index contributed by atoms with van der Waals surface area (Å²) in [5.74, 6) is 0.431. The van der Waals surface area contributed by atoms with Gasteiger partial charge in [0.25, 0.3) is 15.9 Å². The highest BCUT2D eigenvalue weighted by atomic mass is 32.2. The summed E-state index contributed by atoms with van der Waals surface area (Å²) in [7, 11) is -3.77. The number of amides is 1. The molecule has 1 aromatic heterocycles. The molecule has 1 fully saturated rings. The number of carbonyl (C=O) groups is 1. The molecule has 0 aliphatic carbocycles. The summed E-state index contributed by atoms with van der Waals surface area (Å²) in [6.07, 6.45) is 3.35. The van der Waals surface area contributed by atoms with Gasteiger partial charge in [0.1, 0.15) is 11.3 Å². The van der Waals surface area contributed by atoms with Crippen LogP contribution in [-0.4, -0.2) is 51.7 Å². The number of thiazole rings is 1. The molecule has 0 bridgehead atoms. The van der Waals surface area contributed by atoms with Crippen molar-refractivity contribution in [1.82, 2.24) is 4.98 Å². The van der Waals surface area contributed by atoms with Crippen LogP contribution in [0.1, 0.15) is 42.1 Å². The number of anilines is 2. The predicted octanol–water partition coefficient (Wildman–Crippen LogP) is 5.66. The van der Waals surface area contributed by atoms with Crippen molar-refractivity contribution in [1.29, 1.82) is 0 Å². The van der Waals surface area contributed by atoms with Crippen molar-refractivity contribution in [3.63, 3.8) is 0 Å². The lowest BCUT2D eigenvalue weighted by molar-refractivity contribution is 0.0917. The van der Waals surface area contributed by atoms with Gasteiger partial charge in [-0.05, 0) is 80.6 Å². The third kappa shape index (κ3) is 5.07. The monoisotopic (exact) mass is 577 g/mol. The van der Waals surface area contributed by atoms with Crippen molar-refractivity contribution in [2.75, 3.05) is 35.5 Å². The zero-order valence-corrected chi connectivity index (χ0v) is 23.9. The first-order valence-corrected chi connectivity index (χ1v) is 15.9. The molecule has 2 aliphatic rings. The van der Waals surface area contributed by atoms with Crippen molar-refractivity contribution in [3.05, 3.63) is 77.9 Å². The number of aromatic nitrogens is 1. The fraction of sp³-hybridized carbons (Fsp3) is 0.333. The summed E-state index contributed by atoms with van der Waals surface area (Å²) in [6.45, 7) is 3.91. The Morgan fingerprint density at radius 2 is 1.93 bits per heavy atom. The van der Waals surface area contributed by atoms with Crippen LogP contribution in [0.3, 0.4) is 0 Å². The van der Waals surface area contributed by atoms with E-state index in [1.807, 2.05) is 49.4 Å². The van der Waals surface area contributed by atoms with E-state index in [4.69, 9.17) is 14.5 Å². The second kappa shape index (κ2) is 11.2.